The molecule has 1 aromatic heterocycles. The van der Waals surface area contributed by atoms with Crippen LogP contribution in [0.4, 0.5) is 15.9 Å². The summed E-state index contributed by atoms with van der Waals surface area (Å²) in [7, 11) is 0. The minimum Gasteiger partial charge on any atom is -0.478 e. The van der Waals surface area contributed by atoms with Crippen LogP contribution in [-0.2, 0) is 0 Å². The van der Waals surface area contributed by atoms with Gasteiger partial charge in [0.05, 0.1) is 11.3 Å². The lowest BCUT2D eigenvalue weighted by atomic mass is 10.2. The summed E-state index contributed by atoms with van der Waals surface area (Å²) in [5.41, 5.74) is 0.853. The summed E-state index contributed by atoms with van der Waals surface area (Å²) in [6.45, 7) is 5.78. The Morgan fingerprint density at radius 1 is 1.29 bits per heavy atom. The lowest BCUT2D eigenvalue weighted by molar-refractivity contribution is 0.0696. The molecule has 0 spiro atoms. The monoisotopic (exact) mass is 289 g/mol. The van der Waals surface area contributed by atoms with E-state index in [1.54, 1.807) is 6.07 Å². The van der Waals surface area contributed by atoms with E-state index in [1.165, 1.54) is 12.1 Å². The van der Waals surface area contributed by atoms with Gasteiger partial charge in [-0.05, 0) is 25.1 Å². The van der Waals surface area contributed by atoms with Crippen molar-refractivity contribution in [1.82, 2.24) is 9.97 Å². The van der Waals surface area contributed by atoms with E-state index in [0.29, 0.717) is 11.6 Å². The Morgan fingerprint density at radius 2 is 2.00 bits per heavy atom. The Hall–Kier alpha value is -2.50. The molecule has 21 heavy (non-hydrogen) atoms. The quantitative estimate of drug-likeness (QED) is 0.901. The molecule has 0 bridgehead atoms. The first kappa shape index (κ1) is 14.9. The SMILES string of the molecule is Cc1cc(Nc2ccc(C(=O)O)cc2F)nc(C(C)C)n1. The van der Waals surface area contributed by atoms with E-state index in [1.807, 2.05) is 20.8 Å². The summed E-state index contributed by atoms with van der Waals surface area (Å²) in [4.78, 5) is 19.4. The molecule has 0 aliphatic carbocycles. The normalized spacial score (nSPS) is 10.7. The number of halogens is 1. The van der Waals surface area contributed by atoms with Crippen LogP contribution < -0.4 is 5.32 Å². The van der Waals surface area contributed by atoms with Gasteiger partial charge in [-0.1, -0.05) is 13.8 Å². The highest BCUT2D eigenvalue weighted by Gasteiger charge is 2.11. The van der Waals surface area contributed by atoms with Crippen LogP contribution in [0.25, 0.3) is 0 Å². The Bertz CT molecular complexity index is 687. The lowest BCUT2D eigenvalue weighted by Gasteiger charge is -2.11. The third-order valence-corrected chi connectivity index (χ3v) is 2.87. The summed E-state index contributed by atoms with van der Waals surface area (Å²) >= 11 is 0. The molecule has 2 aromatic rings. The van der Waals surface area contributed by atoms with Gasteiger partial charge in [0.2, 0.25) is 0 Å². The van der Waals surface area contributed by atoms with E-state index in [4.69, 9.17) is 5.11 Å². The number of carboxylic acid groups (broad SMARTS) is 1. The molecule has 5 nitrogen and oxygen atoms in total. The highest BCUT2D eigenvalue weighted by molar-refractivity contribution is 5.88. The standard InChI is InChI=1S/C15H16FN3O2/c1-8(2)14-17-9(3)6-13(19-14)18-12-5-4-10(15(20)21)7-11(12)16/h4-8H,1-3H3,(H,20,21)(H,17,18,19). The van der Waals surface area contributed by atoms with Crippen LogP contribution in [0.3, 0.4) is 0 Å². The van der Waals surface area contributed by atoms with E-state index < -0.39 is 11.8 Å². The number of nitrogens with zero attached hydrogens (tertiary/aromatic N) is 2. The lowest BCUT2D eigenvalue weighted by Crippen LogP contribution is -2.05. The van der Waals surface area contributed by atoms with E-state index in [-0.39, 0.29) is 17.2 Å². The van der Waals surface area contributed by atoms with Crippen molar-refractivity contribution in [3.05, 3.63) is 47.2 Å². The molecule has 110 valence electrons. The van der Waals surface area contributed by atoms with E-state index in [0.717, 1.165) is 11.8 Å². The maximum Gasteiger partial charge on any atom is 0.335 e. The molecular weight excluding hydrogens is 273 g/mol. The van der Waals surface area contributed by atoms with Gasteiger partial charge in [0, 0.05) is 17.7 Å². The van der Waals surface area contributed by atoms with Gasteiger partial charge in [-0.2, -0.15) is 0 Å². The first-order chi connectivity index (χ1) is 9.86. The zero-order chi connectivity index (χ0) is 15.6. The number of anilines is 2. The molecule has 0 fully saturated rings. The van der Waals surface area contributed by atoms with Crippen molar-refractivity contribution in [3.8, 4) is 0 Å². The number of hydrogen-bond acceptors (Lipinski definition) is 4. The fourth-order valence-corrected chi connectivity index (χ4v) is 1.80. The van der Waals surface area contributed by atoms with Crippen LogP contribution in [-0.4, -0.2) is 21.0 Å². The van der Waals surface area contributed by atoms with Crippen LogP contribution >= 0.6 is 0 Å². The van der Waals surface area contributed by atoms with Gasteiger partial charge in [-0.15, -0.1) is 0 Å². The van der Waals surface area contributed by atoms with Crippen molar-refractivity contribution in [2.24, 2.45) is 0 Å². The van der Waals surface area contributed by atoms with Crippen molar-refractivity contribution in [1.29, 1.82) is 0 Å². The summed E-state index contributed by atoms with van der Waals surface area (Å²) in [6, 6.07) is 5.40. The molecule has 0 saturated carbocycles. The third kappa shape index (κ3) is 3.53. The molecular formula is C15H16FN3O2. The van der Waals surface area contributed by atoms with Crippen molar-refractivity contribution in [3.63, 3.8) is 0 Å². The second-order valence-electron chi connectivity index (χ2n) is 5.03. The minimum absolute atomic E-state index is 0.0974. The van der Waals surface area contributed by atoms with Crippen LogP contribution in [0.15, 0.2) is 24.3 Å². The molecule has 1 aromatic carbocycles. The molecule has 0 unspecified atom stereocenters. The van der Waals surface area contributed by atoms with Gasteiger partial charge in [0.25, 0.3) is 0 Å². The Morgan fingerprint density at radius 3 is 2.57 bits per heavy atom. The number of nitrogens with one attached hydrogen (secondary N) is 1. The second-order valence-corrected chi connectivity index (χ2v) is 5.03. The van der Waals surface area contributed by atoms with Crippen LogP contribution in [0.1, 0.15) is 41.6 Å². The van der Waals surface area contributed by atoms with Gasteiger partial charge in [-0.25, -0.2) is 19.2 Å². The molecule has 0 amide bonds. The Balaban J connectivity index is 2.32. The molecule has 0 aliphatic rings. The van der Waals surface area contributed by atoms with Gasteiger partial charge < -0.3 is 10.4 Å². The molecule has 2 rings (SSSR count). The fourth-order valence-electron chi connectivity index (χ4n) is 1.80. The van der Waals surface area contributed by atoms with E-state index >= 15 is 0 Å². The average Bonchev–Trinajstić information content (AvgIpc) is 2.40. The topological polar surface area (TPSA) is 75.1 Å². The summed E-state index contributed by atoms with van der Waals surface area (Å²) in [5.74, 6) is -0.504. The number of rotatable bonds is 4. The smallest absolute Gasteiger partial charge is 0.335 e. The van der Waals surface area contributed by atoms with Gasteiger partial charge in [0.1, 0.15) is 17.5 Å². The second kappa shape index (κ2) is 5.87. The van der Waals surface area contributed by atoms with Gasteiger partial charge in [-0.3, -0.25) is 0 Å². The van der Waals surface area contributed by atoms with Gasteiger partial charge >= 0.3 is 5.97 Å². The molecule has 1 heterocycles. The average molecular weight is 289 g/mol. The molecule has 0 atom stereocenters. The summed E-state index contributed by atoms with van der Waals surface area (Å²) in [6.07, 6.45) is 0. The summed E-state index contributed by atoms with van der Waals surface area (Å²) < 4.78 is 13.9. The first-order valence-corrected chi connectivity index (χ1v) is 6.52. The predicted octanol–water partition coefficient (Wildman–Crippen LogP) is 3.49. The fraction of sp³-hybridized carbons (Fsp3) is 0.267. The number of aromatic carboxylic acids is 1. The largest absolute Gasteiger partial charge is 0.478 e. The highest BCUT2D eigenvalue weighted by Crippen LogP contribution is 2.21. The van der Waals surface area contributed by atoms with E-state index in [2.05, 4.69) is 15.3 Å². The number of hydrogen-bond donors (Lipinski definition) is 2. The van der Waals surface area contributed by atoms with Crippen LogP contribution in [0, 0.1) is 12.7 Å². The number of benzene rings is 1. The van der Waals surface area contributed by atoms with Crippen molar-refractivity contribution in [2.75, 3.05) is 5.32 Å². The van der Waals surface area contributed by atoms with E-state index in [9.17, 15) is 9.18 Å². The number of carboxylic acids is 1. The highest BCUT2D eigenvalue weighted by atomic mass is 19.1. The number of aryl methyl sites for hydroxylation is 1. The molecule has 0 aliphatic heterocycles. The minimum atomic E-state index is -1.17. The van der Waals surface area contributed by atoms with Crippen molar-refractivity contribution in [2.45, 2.75) is 26.7 Å². The van der Waals surface area contributed by atoms with Crippen LogP contribution in [0.2, 0.25) is 0 Å². The Kier molecular flexibility index (Phi) is 4.16. The zero-order valence-corrected chi connectivity index (χ0v) is 12.0. The predicted molar refractivity (Wildman–Crippen MR) is 77.5 cm³/mol. The molecule has 2 N–H and O–H groups in total. The van der Waals surface area contributed by atoms with Gasteiger partial charge in [0.15, 0.2) is 0 Å². The third-order valence-electron chi connectivity index (χ3n) is 2.87. The Labute approximate surface area is 121 Å². The number of aromatic nitrogens is 2. The van der Waals surface area contributed by atoms with Crippen molar-refractivity contribution < 1.29 is 14.3 Å². The maximum atomic E-state index is 13.9. The van der Waals surface area contributed by atoms with Crippen molar-refractivity contribution >= 4 is 17.5 Å². The molecule has 0 saturated heterocycles. The molecule has 6 heteroatoms. The summed E-state index contributed by atoms with van der Waals surface area (Å²) in [5, 5.41) is 11.7. The first-order valence-electron chi connectivity index (χ1n) is 6.52. The maximum absolute atomic E-state index is 13.9. The number of carbonyl (C=O) groups is 1. The zero-order valence-electron chi connectivity index (χ0n) is 12.0. The molecule has 0 radical (unpaired) electrons. The van der Waals surface area contributed by atoms with Crippen LogP contribution in [0.5, 0.6) is 0 Å².